The topological polar surface area (TPSA) is 53.1 Å². The van der Waals surface area contributed by atoms with Crippen LogP contribution in [-0.4, -0.2) is 22.3 Å². The average Bonchev–Trinajstić information content (AvgIpc) is 2.94. The Hall–Kier alpha value is -1.55. The first-order valence-electron chi connectivity index (χ1n) is 6.11. The molecule has 1 aromatic carbocycles. The van der Waals surface area contributed by atoms with Gasteiger partial charge >= 0.3 is 0 Å². The lowest BCUT2D eigenvalue weighted by atomic mass is 10.1. The second-order valence-corrected chi connectivity index (χ2v) is 4.62. The molecule has 1 fully saturated rings. The summed E-state index contributed by atoms with van der Waals surface area (Å²) in [4.78, 5) is 4.39. The molecule has 1 saturated heterocycles. The molecule has 0 bridgehead atoms. The maximum Gasteiger partial charge on any atom is 0.201 e. The number of nitrogens with zero attached hydrogens (tertiary/aromatic N) is 2. The molecule has 2 unspecified atom stereocenters. The molecule has 1 aliphatic rings. The van der Waals surface area contributed by atoms with Crippen LogP contribution in [0.5, 0.6) is 0 Å². The van der Waals surface area contributed by atoms with Gasteiger partial charge in [-0.3, -0.25) is 0 Å². The Morgan fingerprint density at radius 3 is 3.06 bits per heavy atom. The third kappa shape index (κ3) is 1.69. The van der Waals surface area contributed by atoms with Crippen molar-refractivity contribution in [1.29, 1.82) is 0 Å². The van der Waals surface area contributed by atoms with Crippen molar-refractivity contribution in [2.75, 3.05) is 12.3 Å². The minimum Gasteiger partial charge on any atom is -0.376 e. The first-order chi connectivity index (χ1) is 8.27. The molecule has 1 aliphatic heterocycles. The van der Waals surface area contributed by atoms with Crippen molar-refractivity contribution >= 4 is 17.0 Å². The fourth-order valence-corrected chi connectivity index (χ4v) is 2.64. The lowest BCUT2D eigenvalue weighted by Gasteiger charge is -2.21. The Morgan fingerprint density at radius 1 is 1.47 bits per heavy atom. The van der Waals surface area contributed by atoms with Gasteiger partial charge in [-0.15, -0.1) is 0 Å². The fourth-order valence-electron chi connectivity index (χ4n) is 2.64. The predicted octanol–water partition coefficient (Wildman–Crippen LogP) is 2.36. The van der Waals surface area contributed by atoms with E-state index in [4.69, 9.17) is 10.5 Å². The average molecular weight is 231 g/mol. The number of nitrogen functional groups attached to an aromatic ring is 1. The van der Waals surface area contributed by atoms with E-state index in [1.807, 2.05) is 18.2 Å². The van der Waals surface area contributed by atoms with E-state index in [1.54, 1.807) is 0 Å². The highest BCUT2D eigenvalue weighted by atomic mass is 16.5. The van der Waals surface area contributed by atoms with E-state index >= 15 is 0 Å². The van der Waals surface area contributed by atoms with E-state index in [9.17, 15) is 0 Å². The number of nitrogens with two attached hydrogens (primary N) is 1. The van der Waals surface area contributed by atoms with Crippen molar-refractivity contribution in [3.63, 3.8) is 0 Å². The van der Waals surface area contributed by atoms with Crippen LogP contribution in [0.1, 0.15) is 25.8 Å². The fraction of sp³-hybridized carbons (Fsp3) is 0.462. The van der Waals surface area contributed by atoms with Gasteiger partial charge in [0.1, 0.15) is 0 Å². The van der Waals surface area contributed by atoms with Gasteiger partial charge in [0, 0.05) is 6.61 Å². The number of rotatable bonds is 2. The molecule has 4 heteroatoms. The van der Waals surface area contributed by atoms with Crippen molar-refractivity contribution < 1.29 is 4.74 Å². The van der Waals surface area contributed by atoms with Gasteiger partial charge in [0.15, 0.2) is 0 Å². The molecule has 0 amide bonds. The van der Waals surface area contributed by atoms with E-state index in [-0.39, 0.29) is 12.1 Å². The van der Waals surface area contributed by atoms with Gasteiger partial charge < -0.3 is 15.0 Å². The summed E-state index contributed by atoms with van der Waals surface area (Å²) in [5.41, 5.74) is 8.06. The Bertz CT molecular complexity index is 528. The maximum atomic E-state index is 6.02. The number of ether oxygens (including phenoxy) is 1. The standard InChI is InChI=1S/C13H17N3O/c1-9(12-7-4-8-17-12)16-11-6-3-2-5-10(11)15-13(16)14/h2-3,5-6,9,12H,4,7-8H2,1H3,(H2,14,15). The second-order valence-electron chi connectivity index (χ2n) is 4.62. The number of benzene rings is 1. The summed E-state index contributed by atoms with van der Waals surface area (Å²) in [6.07, 6.45) is 2.50. The molecule has 0 radical (unpaired) electrons. The summed E-state index contributed by atoms with van der Waals surface area (Å²) in [5, 5.41) is 0. The normalized spacial score (nSPS) is 22.1. The Kier molecular flexibility index (Phi) is 2.52. The van der Waals surface area contributed by atoms with Gasteiger partial charge in [-0.2, -0.15) is 0 Å². The molecular formula is C13H17N3O. The van der Waals surface area contributed by atoms with Gasteiger partial charge in [0.05, 0.1) is 23.2 Å². The lowest BCUT2D eigenvalue weighted by molar-refractivity contribution is 0.0751. The van der Waals surface area contributed by atoms with Crippen LogP contribution in [-0.2, 0) is 4.74 Å². The zero-order valence-electron chi connectivity index (χ0n) is 9.97. The van der Waals surface area contributed by atoms with Crippen LogP contribution in [0, 0.1) is 0 Å². The van der Waals surface area contributed by atoms with E-state index in [1.165, 1.54) is 0 Å². The number of fused-ring (bicyclic) bond motifs is 1. The highest BCUT2D eigenvalue weighted by Gasteiger charge is 2.26. The molecule has 90 valence electrons. The number of hydrogen-bond acceptors (Lipinski definition) is 3. The Balaban J connectivity index is 2.06. The van der Waals surface area contributed by atoms with Crippen molar-refractivity contribution in [3.05, 3.63) is 24.3 Å². The molecule has 0 aliphatic carbocycles. The monoisotopic (exact) mass is 231 g/mol. The van der Waals surface area contributed by atoms with Crippen LogP contribution < -0.4 is 5.73 Å². The molecule has 2 N–H and O–H groups in total. The Labute approximate surface area is 100 Å². The summed E-state index contributed by atoms with van der Waals surface area (Å²) in [5.74, 6) is 0.578. The molecule has 1 aromatic heterocycles. The van der Waals surface area contributed by atoms with Gasteiger partial charge in [0.2, 0.25) is 5.95 Å². The molecule has 3 rings (SSSR count). The van der Waals surface area contributed by atoms with Crippen LogP contribution >= 0.6 is 0 Å². The molecule has 0 saturated carbocycles. The summed E-state index contributed by atoms with van der Waals surface area (Å²) in [6.45, 7) is 3.02. The first kappa shape index (κ1) is 10.6. The molecule has 2 heterocycles. The van der Waals surface area contributed by atoms with Crippen molar-refractivity contribution in [2.24, 2.45) is 0 Å². The zero-order valence-corrected chi connectivity index (χ0v) is 9.97. The summed E-state index contributed by atoms with van der Waals surface area (Å²) < 4.78 is 7.83. The summed E-state index contributed by atoms with van der Waals surface area (Å²) in [6, 6.07) is 8.29. The molecule has 17 heavy (non-hydrogen) atoms. The van der Waals surface area contributed by atoms with Crippen molar-refractivity contribution in [2.45, 2.75) is 31.9 Å². The van der Waals surface area contributed by atoms with Crippen LogP contribution in [0.3, 0.4) is 0 Å². The highest BCUT2D eigenvalue weighted by molar-refractivity contribution is 5.78. The van der Waals surface area contributed by atoms with E-state index in [2.05, 4.69) is 22.5 Å². The minimum absolute atomic E-state index is 0.241. The van der Waals surface area contributed by atoms with E-state index in [0.717, 1.165) is 30.5 Å². The number of aromatic nitrogens is 2. The van der Waals surface area contributed by atoms with Crippen LogP contribution in [0.15, 0.2) is 24.3 Å². The minimum atomic E-state index is 0.241. The number of anilines is 1. The van der Waals surface area contributed by atoms with Crippen molar-refractivity contribution in [1.82, 2.24) is 9.55 Å². The molecule has 2 atom stereocenters. The number of hydrogen-bond donors (Lipinski definition) is 1. The van der Waals surface area contributed by atoms with Gasteiger partial charge in [-0.25, -0.2) is 4.98 Å². The third-order valence-corrected chi connectivity index (χ3v) is 3.53. The van der Waals surface area contributed by atoms with Crippen LogP contribution in [0.25, 0.3) is 11.0 Å². The SMILES string of the molecule is CC(C1CCCO1)n1c(N)nc2ccccc21. The largest absolute Gasteiger partial charge is 0.376 e. The Morgan fingerprint density at radius 2 is 2.29 bits per heavy atom. The van der Waals surface area contributed by atoms with Crippen LogP contribution in [0.2, 0.25) is 0 Å². The van der Waals surface area contributed by atoms with Gasteiger partial charge in [-0.1, -0.05) is 12.1 Å². The molecular weight excluding hydrogens is 214 g/mol. The van der Waals surface area contributed by atoms with Gasteiger partial charge in [0.25, 0.3) is 0 Å². The predicted molar refractivity (Wildman–Crippen MR) is 67.8 cm³/mol. The first-order valence-corrected chi connectivity index (χ1v) is 6.11. The highest BCUT2D eigenvalue weighted by Crippen LogP contribution is 2.29. The third-order valence-electron chi connectivity index (χ3n) is 3.53. The van der Waals surface area contributed by atoms with Crippen LogP contribution in [0.4, 0.5) is 5.95 Å². The quantitative estimate of drug-likeness (QED) is 0.863. The molecule has 0 spiro atoms. The summed E-state index contributed by atoms with van der Waals surface area (Å²) in [7, 11) is 0. The van der Waals surface area contributed by atoms with E-state index in [0.29, 0.717) is 5.95 Å². The van der Waals surface area contributed by atoms with Gasteiger partial charge in [-0.05, 0) is 31.9 Å². The smallest absolute Gasteiger partial charge is 0.201 e. The summed E-state index contributed by atoms with van der Waals surface area (Å²) >= 11 is 0. The van der Waals surface area contributed by atoms with E-state index < -0.39 is 0 Å². The molecule has 4 nitrogen and oxygen atoms in total. The zero-order chi connectivity index (χ0) is 11.8. The second kappa shape index (κ2) is 4.04. The maximum absolute atomic E-state index is 6.02. The number of imidazole rings is 1. The van der Waals surface area contributed by atoms with Crippen molar-refractivity contribution in [3.8, 4) is 0 Å². The molecule has 2 aromatic rings. The lowest BCUT2D eigenvalue weighted by Crippen LogP contribution is -2.22. The number of para-hydroxylation sites is 2.